The number of aliphatic carboxylic acids is 1. The van der Waals surface area contributed by atoms with Gasteiger partial charge < -0.3 is 10.2 Å². The van der Waals surface area contributed by atoms with Gasteiger partial charge in [-0.3, -0.25) is 4.79 Å². The number of hydrogen-bond donors (Lipinski definition) is 2. The summed E-state index contributed by atoms with van der Waals surface area (Å²) in [7, 11) is 0. The van der Waals surface area contributed by atoms with Crippen LogP contribution in [0.25, 0.3) is 0 Å². The average Bonchev–Trinajstić information content (AvgIpc) is 2.18. The first-order valence-electron chi connectivity index (χ1n) is 4.13. The number of nitriles is 1. The molecule has 1 aromatic rings. The zero-order valence-corrected chi connectivity index (χ0v) is 9.28. The molecule has 0 atom stereocenters. The number of rotatable bonds is 3. The molecule has 0 radical (unpaired) electrons. The van der Waals surface area contributed by atoms with Gasteiger partial charge in [-0.1, -0.05) is 6.07 Å². The zero-order chi connectivity index (χ0) is 11.4. The molecule has 0 aliphatic heterocycles. The van der Waals surface area contributed by atoms with Crippen molar-refractivity contribution in [2.75, 3.05) is 0 Å². The molecule has 0 amide bonds. The van der Waals surface area contributed by atoms with Gasteiger partial charge in [0.15, 0.2) is 0 Å². The number of carboxylic acids is 1. The van der Waals surface area contributed by atoms with Crippen molar-refractivity contribution in [3.05, 3.63) is 33.3 Å². The Kier molecular flexibility index (Phi) is 3.83. The first-order chi connectivity index (χ1) is 7.10. The summed E-state index contributed by atoms with van der Waals surface area (Å²) in [5.74, 6) is -0.971. The van der Waals surface area contributed by atoms with E-state index in [1.165, 1.54) is 6.07 Å². The van der Waals surface area contributed by atoms with E-state index in [-0.39, 0.29) is 13.0 Å². The van der Waals surface area contributed by atoms with E-state index >= 15 is 0 Å². The minimum Gasteiger partial charge on any atom is -0.481 e. The summed E-state index contributed by atoms with van der Waals surface area (Å²) in [4.78, 5) is 10.5. The molecule has 1 aromatic carbocycles. The van der Waals surface area contributed by atoms with Crippen LogP contribution >= 0.6 is 15.9 Å². The van der Waals surface area contributed by atoms with Gasteiger partial charge in [-0.05, 0) is 33.1 Å². The number of carbonyl (C=O) groups is 1. The molecule has 0 aromatic heterocycles. The Hall–Kier alpha value is -1.38. The van der Waals surface area contributed by atoms with E-state index in [2.05, 4.69) is 15.9 Å². The molecule has 0 spiro atoms. The zero-order valence-electron chi connectivity index (χ0n) is 7.70. The highest BCUT2D eigenvalue weighted by Crippen LogP contribution is 2.25. The first kappa shape index (κ1) is 11.7. The molecule has 2 N–H and O–H groups in total. The molecule has 4 nitrogen and oxygen atoms in total. The highest BCUT2D eigenvalue weighted by atomic mass is 79.9. The molecule has 0 unspecified atom stereocenters. The molecular formula is C10H8BrNO3. The fourth-order valence-electron chi connectivity index (χ4n) is 1.25. The van der Waals surface area contributed by atoms with Gasteiger partial charge in [0.05, 0.1) is 18.6 Å². The molecule has 0 heterocycles. The molecule has 0 bridgehead atoms. The van der Waals surface area contributed by atoms with Crippen molar-refractivity contribution in [1.29, 1.82) is 5.26 Å². The maximum Gasteiger partial charge on any atom is 0.307 e. The second-order valence-corrected chi connectivity index (χ2v) is 3.70. The van der Waals surface area contributed by atoms with Gasteiger partial charge in [0.1, 0.15) is 6.07 Å². The lowest BCUT2D eigenvalue weighted by molar-refractivity contribution is -0.136. The monoisotopic (exact) mass is 269 g/mol. The number of carboxylic acid groups (broad SMARTS) is 1. The summed E-state index contributed by atoms with van der Waals surface area (Å²) >= 11 is 3.17. The number of benzene rings is 1. The summed E-state index contributed by atoms with van der Waals surface area (Å²) in [6.45, 7) is -0.293. The predicted molar refractivity (Wildman–Crippen MR) is 56.1 cm³/mol. The molecular weight excluding hydrogens is 262 g/mol. The van der Waals surface area contributed by atoms with Crippen molar-refractivity contribution in [2.45, 2.75) is 13.0 Å². The Bertz CT molecular complexity index is 437. The number of hydrogen-bond acceptors (Lipinski definition) is 3. The molecule has 0 aliphatic rings. The average molecular weight is 270 g/mol. The van der Waals surface area contributed by atoms with Crippen LogP contribution in [0.1, 0.15) is 16.7 Å². The Morgan fingerprint density at radius 3 is 2.67 bits per heavy atom. The predicted octanol–water partition coefficient (Wildman–Crippen LogP) is 1.44. The second kappa shape index (κ2) is 4.91. The van der Waals surface area contributed by atoms with Crippen LogP contribution in [0.4, 0.5) is 0 Å². The summed E-state index contributed by atoms with van der Waals surface area (Å²) < 4.78 is 0.464. The van der Waals surface area contributed by atoms with Crippen molar-refractivity contribution < 1.29 is 15.0 Å². The standard InChI is InChI=1S/C10H8BrNO3/c11-10-7(4-12)2-1-6(3-9(14)15)8(10)5-13/h1-2,13H,3,5H2,(H,14,15). The maximum atomic E-state index is 10.5. The molecule has 78 valence electrons. The molecule has 0 aliphatic carbocycles. The molecule has 15 heavy (non-hydrogen) atoms. The van der Waals surface area contributed by atoms with Crippen LogP contribution in [0.5, 0.6) is 0 Å². The number of aliphatic hydroxyl groups is 1. The first-order valence-corrected chi connectivity index (χ1v) is 4.92. The van der Waals surface area contributed by atoms with E-state index in [0.29, 0.717) is 21.2 Å². The maximum absolute atomic E-state index is 10.5. The Morgan fingerprint density at radius 2 is 2.20 bits per heavy atom. The third-order valence-electron chi connectivity index (χ3n) is 1.96. The van der Waals surface area contributed by atoms with Gasteiger partial charge in [0, 0.05) is 4.47 Å². The summed E-state index contributed by atoms with van der Waals surface area (Å²) in [5.41, 5.74) is 1.35. The lowest BCUT2D eigenvalue weighted by atomic mass is 10.0. The fourth-order valence-corrected chi connectivity index (χ4v) is 1.85. The van der Waals surface area contributed by atoms with Gasteiger partial charge in [-0.2, -0.15) is 5.26 Å². The summed E-state index contributed by atoms with van der Waals surface area (Å²) in [6.07, 6.45) is -0.166. The van der Waals surface area contributed by atoms with E-state index in [4.69, 9.17) is 15.5 Å². The summed E-state index contributed by atoms with van der Waals surface area (Å²) in [6, 6.07) is 5.02. The number of aliphatic hydroxyl groups excluding tert-OH is 1. The third-order valence-corrected chi connectivity index (χ3v) is 2.87. The SMILES string of the molecule is N#Cc1ccc(CC(=O)O)c(CO)c1Br. The van der Waals surface area contributed by atoms with Crippen molar-refractivity contribution in [3.63, 3.8) is 0 Å². The second-order valence-electron chi connectivity index (χ2n) is 2.91. The van der Waals surface area contributed by atoms with Crippen molar-refractivity contribution in [2.24, 2.45) is 0 Å². The van der Waals surface area contributed by atoms with Crippen LogP contribution in [0.2, 0.25) is 0 Å². The lowest BCUT2D eigenvalue weighted by Gasteiger charge is -2.08. The van der Waals surface area contributed by atoms with Gasteiger partial charge in [-0.25, -0.2) is 0 Å². The van der Waals surface area contributed by atoms with E-state index in [9.17, 15) is 4.79 Å². The normalized spacial score (nSPS) is 9.67. The largest absolute Gasteiger partial charge is 0.481 e. The van der Waals surface area contributed by atoms with Crippen LogP contribution in [-0.4, -0.2) is 16.2 Å². The topological polar surface area (TPSA) is 81.3 Å². The van der Waals surface area contributed by atoms with E-state index in [0.717, 1.165) is 0 Å². The van der Waals surface area contributed by atoms with Gasteiger partial charge in [-0.15, -0.1) is 0 Å². The number of halogens is 1. The smallest absolute Gasteiger partial charge is 0.307 e. The van der Waals surface area contributed by atoms with Gasteiger partial charge in [0.2, 0.25) is 0 Å². The van der Waals surface area contributed by atoms with Crippen LogP contribution in [0, 0.1) is 11.3 Å². The van der Waals surface area contributed by atoms with Gasteiger partial charge >= 0.3 is 5.97 Å². The van der Waals surface area contributed by atoms with Crippen molar-refractivity contribution in [3.8, 4) is 6.07 Å². The van der Waals surface area contributed by atoms with Crippen molar-refractivity contribution >= 4 is 21.9 Å². The Labute approximate surface area is 94.9 Å². The highest BCUT2D eigenvalue weighted by Gasteiger charge is 2.12. The third kappa shape index (κ3) is 2.55. The van der Waals surface area contributed by atoms with Crippen LogP contribution < -0.4 is 0 Å². The lowest BCUT2D eigenvalue weighted by Crippen LogP contribution is -2.05. The van der Waals surface area contributed by atoms with E-state index < -0.39 is 5.97 Å². The fraction of sp³-hybridized carbons (Fsp3) is 0.200. The quantitative estimate of drug-likeness (QED) is 0.870. The minimum atomic E-state index is -0.971. The van der Waals surface area contributed by atoms with E-state index in [1.807, 2.05) is 6.07 Å². The summed E-state index contributed by atoms with van der Waals surface area (Å²) in [5, 5.41) is 26.5. The molecule has 0 saturated heterocycles. The Balaban J connectivity index is 3.25. The number of nitrogens with zero attached hydrogens (tertiary/aromatic N) is 1. The van der Waals surface area contributed by atoms with Crippen molar-refractivity contribution in [1.82, 2.24) is 0 Å². The van der Waals surface area contributed by atoms with E-state index in [1.54, 1.807) is 6.07 Å². The van der Waals surface area contributed by atoms with Crippen LogP contribution in [0.15, 0.2) is 16.6 Å². The van der Waals surface area contributed by atoms with Crippen LogP contribution in [0.3, 0.4) is 0 Å². The molecule has 5 heteroatoms. The molecule has 1 rings (SSSR count). The van der Waals surface area contributed by atoms with Crippen LogP contribution in [-0.2, 0) is 17.8 Å². The Morgan fingerprint density at radius 1 is 1.53 bits per heavy atom. The van der Waals surface area contributed by atoms with Gasteiger partial charge in [0.25, 0.3) is 0 Å². The molecule has 0 fully saturated rings. The highest BCUT2D eigenvalue weighted by molar-refractivity contribution is 9.10. The molecule has 0 saturated carbocycles. The minimum absolute atomic E-state index is 0.166.